The molecule has 6 heteroatoms. The van der Waals surface area contributed by atoms with E-state index in [1.165, 1.54) is 12.1 Å². The molecule has 0 aliphatic carbocycles. The molecular formula is C20H24FN3O2. The topological polar surface area (TPSA) is 56.7 Å². The normalized spacial score (nSPS) is 18.0. The van der Waals surface area contributed by atoms with Crippen molar-refractivity contribution < 1.29 is 14.3 Å². The van der Waals surface area contributed by atoms with E-state index in [1.54, 1.807) is 28.1 Å². The summed E-state index contributed by atoms with van der Waals surface area (Å²) in [6, 6.07) is 11.1. The number of aromatic nitrogens is 1. The standard InChI is InChI=1S/C20H24FN3O2/c1-23(2)18(15-6-5-7-16(21)14-15)19(25)24-12-9-20(26,10-13-24)17-8-3-4-11-22-17/h3-8,11,14,18,26H,9-10,12-13H2,1-2H3/t18-/m0/s1. The van der Waals surface area contributed by atoms with Crippen LogP contribution in [0.5, 0.6) is 0 Å². The van der Waals surface area contributed by atoms with Crippen molar-refractivity contribution in [3.8, 4) is 0 Å². The van der Waals surface area contributed by atoms with Crippen molar-refractivity contribution in [1.82, 2.24) is 14.8 Å². The van der Waals surface area contributed by atoms with Gasteiger partial charge in [-0.1, -0.05) is 18.2 Å². The third-order valence-electron chi connectivity index (χ3n) is 4.96. The van der Waals surface area contributed by atoms with Crippen LogP contribution in [-0.4, -0.2) is 53.0 Å². The van der Waals surface area contributed by atoms with Gasteiger partial charge in [0.2, 0.25) is 5.91 Å². The molecule has 1 aromatic carbocycles. The number of likely N-dealkylation sites (tertiary alicyclic amines) is 1. The first-order valence-electron chi connectivity index (χ1n) is 8.75. The minimum Gasteiger partial charge on any atom is -0.383 e. The quantitative estimate of drug-likeness (QED) is 0.913. The Bertz CT molecular complexity index is 759. The molecule has 1 aliphatic rings. The molecule has 0 unspecified atom stereocenters. The maximum atomic E-state index is 13.6. The van der Waals surface area contributed by atoms with Gasteiger partial charge in [0.05, 0.1) is 5.69 Å². The van der Waals surface area contributed by atoms with Crippen LogP contribution in [0.4, 0.5) is 4.39 Å². The lowest BCUT2D eigenvalue weighted by Gasteiger charge is -2.40. The van der Waals surface area contributed by atoms with Crippen LogP contribution in [0.15, 0.2) is 48.7 Å². The Morgan fingerprint density at radius 1 is 1.23 bits per heavy atom. The van der Waals surface area contributed by atoms with E-state index in [0.717, 1.165) is 0 Å². The Hall–Kier alpha value is -2.31. The number of likely N-dealkylation sites (N-methyl/N-ethyl adjacent to an activating group) is 1. The zero-order valence-electron chi connectivity index (χ0n) is 15.1. The molecule has 1 N–H and O–H groups in total. The molecule has 1 amide bonds. The summed E-state index contributed by atoms with van der Waals surface area (Å²) in [5, 5.41) is 10.9. The van der Waals surface area contributed by atoms with E-state index in [1.807, 2.05) is 32.3 Å². The fourth-order valence-electron chi connectivity index (χ4n) is 3.50. The van der Waals surface area contributed by atoms with E-state index in [-0.39, 0.29) is 11.7 Å². The largest absolute Gasteiger partial charge is 0.383 e. The third kappa shape index (κ3) is 3.76. The zero-order valence-corrected chi connectivity index (χ0v) is 15.1. The minimum atomic E-state index is -1.01. The van der Waals surface area contributed by atoms with E-state index in [9.17, 15) is 14.3 Å². The van der Waals surface area contributed by atoms with Crippen LogP contribution in [0, 0.1) is 5.82 Å². The Morgan fingerprint density at radius 2 is 1.96 bits per heavy atom. The summed E-state index contributed by atoms with van der Waals surface area (Å²) in [5.74, 6) is -0.436. The molecule has 0 radical (unpaired) electrons. The van der Waals surface area contributed by atoms with Crippen molar-refractivity contribution in [3.05, 3.63) is 65.7 Å². The van der Waals surface area contributed by atoms with Gasteiger partial charge in [0, 0.05) is 19.3 Å². The highest BCUT2D eigenvalue weighted by Gasteiger charge is 2.38. The molecule has 0 bridgehead atoms. The first kappa shape index (κ1) is 18.5. The molecule has 3 rings (SSSR count). The number of carbonyl (C=O) groups excluding carboxylic acids is 1. The number of benzene rings is 1. The predicted octanol–water partition coefficient (Wildman–Crippen LogP) is 2.33. The van der Waals surface area contributed by atoms with E-state index in [0.29, 0.717) is 37.2 Å². The van der Waals surface area contributed by atoms with Gasteiger partial charge in [0.15, 0.2) is 0 Å². The second-order valence-corrected chi connectivity index (χ2v) is 6.99. The average molecular weight is 357 g/mol. The number of carbonyl (C=O) groups is 1. The smallest absolute Gasteiger partial charge is 0.244 e. The maximum Gasteiger partial charge on any atom is 0.244 e. The van der Waals surface area contributed by atoms with Crippen molar-refractivity contribution in [2.75, 3.05) is 27.2 Å². The number of hydrogen-bond acceptors (Lipinski definition) is 4. The van der Waals surface area contributed by atoms with Gasteiger partial charge in [-0.2, -0.15) is 0 Å². The molecule has 1 atom stereocenters. The van der Waals surface area contributed by atoms with Crippen LogP contribution < -0.4 is 0 Å². The maximum absolute atomic E-state index is 13.6. The lowest BCUT2D eigenvalue weighted by atomic mass is 9.87. The number of aliphatic hydroxyl groups is 1. The molecule has 138 valence electrons. The lowest BCUT2D eigenvalue weighted by Crippen LogP contribution is -2.48. The van der Waals surface area contributed by atoms with Crippen molar-refractivity contribution in [2.45, 2.75) is 24.5 Å². The number of halogens is 1. The van der Waals surface area contributed by atoms with Crippen LogP contribution in [0.25, 0.3) is 0 Å². The van der Waals surface area contributed by atoms with Crippen LogP contribution in [0.3, 0.4) is 0 Å². The van der Waals surface area contributed by atoms with Crippen molar-refractivity contribution in [1.29, 1.82) is 0 Å². The average Bonchev–Trinajstić information content (AvgIpc) is 2.63. The molecule has 1 aromatic heterocycles. The molecule has 5 nitrogen and oxygen atoms in total. The first-order valence-corrected chi connectivity index (χ1v) is 8.75. The summed E-state index contributed by atoms with van der Waals surface area (Å²) in [6.07, 6.45) is 2.52. The Morgan fingerprint density at radius 3 is 2.54 bits per heavy atom. The van der Waals surface area contributed by atoms with Crippen LogP contribution in [0.1, 0.15) is 30.1 Å². The monoisotopic (exact) mass is 357 g/mol. The fraction of sp³-hybridized carbons (Fsp3) is 0.400. The fourth-order valence-corrected chi connectivity index (χ4v) is 3.50. The number of pyridine rings is 1. The van der Waals surface area contributed by atoms with Crippen molar-refractivity contribution in [2.24, 2.45) is 0 Å². The van der Waals surface area contributed by atoms with E-state index >= 15 is 0 Å². The SMILES string of the molecule is CN(C)[C@H](C(=O)N1CCC(O)(c2ccccn2)CC1)c1cccc(F)c1. The summed E-state index contributed by atoms with van der Waals surface area (Å²) < 4.78 is 13.6. The minimum absolute atomic E-state index is 0.0799. The Kier molecular flexibility index (Phi) is 5.34. The highest BCUT2D eigenvalue weighted by atomic mass is 19.1. The van der Waals surface area contributed by atoms with Crippen LogP contribution in [-0.2, 0) is 10.4 Å². The molecule has 1 saturated heterocycles. The molecule has 2 aromatic rings. The second kappa shape index (κ2) is 7.51. The summed E-state index contributed by atoms with van der Waals surface area (Å²) in [6.45, 7) is 0.872. The summed E-state index contributed by atoms with van der Waals surface area (Å²) in [7, 11) is 3.61. The highest BCUT2D eigenvalue weighted by molar-refractivity contribution is 5.83. The molecule has 26 heavy (non-hydrogen) atoms. The molecule has 1 fully saturated rings. The number of amides is 1. The van der Waals surface area contributed by atoms with Gasteiger partial charge < -0.3 is 10.0 Å². The Labute approximate surface area is 153 Å². The highest BCUT2D eigenvalue weighted by Crippen LogP contribution is 2.33. The van der Waals surface area contributed by atoms with E-state index in [4.69, 9.17) is 0 Å². The second-order valence-electron chi connectivity index (χ2n) is 6.99. The number of hydrogen-bond donors (Lipinski definition) is 1. The summed E-state index contributed by atoms with van der Waals surface area (Å²) in [4.78, 5) is 20.9. The summed E-state index contributed by atoms with van der Waals surface area (Å²) >= 11 is 0. The molecule has 1 aliphatic heterocycles. The summed E-state index contributed by atoms with van der Waals surface area (Å²) in [5.41, 5.74) is 0.261. The third-order valence-corrected chi connectivity index (χ3v) is 4.96. The van der Waals surface area contributed by atoms with Crippen LogP contribution in [0.2, 0.25) is 0 Å². The molecule has 0 saturated carbocycles. The van der Waals surface area contributed by atoms with Gasteiger partial charge in [-0.05, 0) is 56.8 Å². The van der Waals surface area contributed by atoms with E-state index in [2.05, 4.69) is 4.98 Å². The van der Waals surface area contributed by atoms with Gasteiger partial charge in [-0.3, -0.25) is 14.7 Å². The van der Waals surface area contributed by atoms with Gasteiger partial charge >= 0.3 is 0 Å². The van der Waals surface area contributed by atoms with Crippen molar-refractivity contribution >= 4 is 5.91 Å². The molecule has 0 spiro atoms. The zero-order chi connectivity index (χ0) is 18.7. The Balaban J connectivity index is 1.74. The van der Waals surface area contributed by atoms with Gasteiger partial charge in [-0.25, -0.2) is 4.39 Å². The van der Waals surface area contributed by atoms with Crippen molar-refractivity contribution in [3.63, 3.8) is 0 Å². The predicted molar refractivity (Wildman–Crippen MR) is 96.8 cm³/mol. The lowest BCUT2D eigenvalue weighted by molar-refractivity contribution is -0.141. The number of nitrogens with zero attached hydrogens (tertiary/aromatic N) is 3. The first-order chi connectivity index (χ1) is 12.4. The van der Waals surface area contributed by atoms with Gasteiger partial charge in [0.25, 0.3) is 0 Å². The van der Waals surface area contributed by atoms with E-state index < -0.39 is 11.6 Å². The number of piperidine rings is 1. The van der Waals surface area contributed by atoms with Gasteiger partial charge in [0.1, 0.15) is 17.5 Å². The van der Waals surface area contributed by atoms with Gasteiger partial charge in [-0.15, -0.1) is 0 Å². The van der Waals surface area contributed by atoms with Crippen LogP contribution >= 0.6 is 0 Å². The number of rotatable bonds is 4. The molecular weight excluding hydrogens is 333 g/mol. The molecule has 2 heterocycles.